The third kappa shape index (κ3) is 6.28. The summed E-state index contributed by atoms with van der Waals surface area (Å²) < 4.78 is 26.6. The van der Waals surface area contributed by atoms with Crippen LogP contribution in [0, 0.1) is 11.7 Å². The minimum absolute atomic E-state index is 0.0550. The average Bonchev–Trinajstić information content (AvgIpc) is 2.64. The number of hydrogen-bond acceptors (Lipinski definition) is 4. The highest BCUT2D eigenvalue weighted by Crippen LogP contribution is 2.36. The van der Waals surface area contributed by atoms with Gasteiger partial charge in [0.25, 0.3) is 0 Å². The molecule has 0 spiro atoms. The molecule has 0 aromatic heterocycles. The van der Waals surface area contributed by atoms with Crippen LogP contribution in [0.4, 0.5) is 4.39 Å². The Morgan fingerprint density at radius 3 is 2.53 bits per heavy atom. The quantitative estimate of drug-likeness (QED) is 0.371. The highest BCUT2D eigenvalue weighted by molar-refractivity contribution is 6.74. The Labute approximate surface area is 185 Å². The third-order valence-electron chi connectivity index (χ3n) is 5.90. The maximum atomic E-state index is 14.8. The molecule has 1 aliphatic heterocycles. The number of carbonyl (C=O) groups is 1. The van der Waals surface area contributed by atoms with E-state index in [9.17, 15) is 9.18 Å². The van der Waals surface area contributed by atoms with Crippen LogP contribution in [-0.4, -0.2) is 33.2 Å². The molecule has 30 heavy (non-hydrogen) atoms. The van der Waals surface area contributed by atoms with Gasteiger partial charge < -0.3 is 9.16 Å². The van der Waals surface area contributed by atoms with E-state index < -0.39 is 14.1 Å². The second kappa shape index (κ2) is 10.2. The molecule has 1 atom stereocenters. The van der Waals surface area contributed by atoms with Gasteiger partial charge in [0.1, 0.15) is 10.8 Å². The average molecular weight is 457 g/mol. The molecule has 1 heterocycles. The molecule has 1 unspecified atom stereocenters. The fourth-order valence-electron chi connectivity index (χ4n) is 2.93. The van der Waals surface area contributed by atoms with Gasteiger partial charge in [-0.05, 0) is 49.5 Å². The Hall–Kier alpha value is -1.44. The maximum Gasteiger partial charge on any atom is 0.240 e. The Morgan fingerprint density at radius 2 is 1.90 bits per heavy atom. The van der Waals surface area contributed by atoms with Crippen LogP contribution in [0.2, 0.25) is 23.2 Å². The van der Waals surface area contributed by atoms with Crippen molar-refractivity contribution in [3.63, 3.8) is 0 Å². The largest absolute Gasteiger partial charge is 0.492 e. The lowest BCUT2D eigenvalue weighted by molar-refractivity contribution is -0.121. The molecule has 8 heteroatoms. The number of halogens is 2. The van der Waals surface area contributed by atoms with E-state index in [4.69, 9.17) is 20.8 Å². The van der Waals surface area contributed by atoms with Crippen molar-refractivity contribution in [3.05, 3.63) is 28.5 Å². The van der Waals surface area contributed by atoms with Gasteiger partial charge in [-0.25, -0.2) is 9.82 Å². The smallest absolute Gasteiger partial charge is 0.240 e. The van der Waals surface area contributed by atoms with Gasteiger partial charge in [0.15, 0.2) is 14.1 Å². The summed E-state index contributed by atoms with van der Waals surface area (Å²) in [4.78, 5) is 11.4. The van der Waals surface area contributed by atoms with E-state index in [1.165, 1.54) is 0 Å². The number of nitrogens with one attached hydrogen (secondary N) is 1. The molecule has 0 saturated carbocycles. The zero-order chi connectivity index (χ0) is 22.5. The molecule has 1 amide bonds. The van der Waals surface area contributed by atoms with E-state index in [1.54, 1.807) is 12.1 Å². The first-order chi connectivity index (χ1) is 13.9. The Balaban J connectivity index is 1.82. The molecule has 2 rings (SSSR count). The summed E-state index contributed by atoms with van der Waals surface area (Å²) in [6.45, 7) is 14.3. The van der Waals surface area contributed by atoms with Crippen LogP contribution in [0.5, 0.6) is 5.75 Å². The van der Waals surface area contributed by atoms with Crippen LogP contribution in [0.3, 0.4) is 0 Å². The van der Waals surface area contributed by atoms with E-state index >= 15 is 0 Å². The molecule has 0 bridgehead atoms. The van der Waals surface area contributed by atoms with Crippen LogP contribution in [0.25, 0.3) is 0 Å². The van der Waals surface area contributed by atoms with Crippen molar-refractivity contribution in [2.45, 2.75) is 71.5 Å². The summed E-state index contributed by atoms with van der Waals surface area (Å²) in [5, 5.41) is 4.16. The van der Waals surface area contributed by atoms with E-state index in [0.717, 1.165) is 25.9 Å². The summed E-state index contributed by atoms with van der Waals surface area (Å²) in [6.07, 6.45) is 3.06. The van der Waals surface area contributed by atoms with Crippen molar-refractivity contribution >= 4 is 31.5 Å². The summed E-state index contributed by atoms with van der Waals surface area (Å²) >= 11 is 6.19. The highest BCUT2D eigenvalue weighted by Gasteiger charge is 2.36. The number of amides is 1. The van der Waals surface area contributed by atoms with E-state index in [-0.39, 0.29) is 28.3 Å². The SMILES string of the molecule is CC1CC(=O)NN=C1c1ccc(OCCCCCO[Si](C)(C)C(C)(C)C)c(Cl)c1F. The molecular formula is C22H34ClFN2O3Si. The van der Waals surface area contributed by atoms with Gasteiger partial charge in [-0.3, -0.25) is 4.79 Å². The molecule has 0 fully saturated rings. The van der Waals surface area contributed by atoms with E-state index in [2.05, 4.69) is 44.4 Å². The second-order valence-corrected chi connectivity index (χ2v) is 14.6. The van der Waals surface area contributed by atoms with Crippen LogP contribution in [-0.2, 0) is 9.22 Å². The van der Waals surface area contributed by atoms with Gasteiger partial charge in [-0.2, -0.15) is 5.10 Å². The first kappa shape index (κ1) is 24.8. The van der Waals surface area contributed by atoms with Crippen LogP contribution in [0.1, 0.15) is 58.9 Å². The monoisotopic (exact) mass is 456 g/mol. The van der Waals surface area contributed by atoms with Gasteiger partial charge in [0, 0.05) is 24.5 Å². The topological polar surface area (TPSA) is 59.9 Å². The fraction of sp³-hybridized carbons (Fsp3) is 0.636. The number of hydrogen-bond donors (Lipinski definition) is 1. The normalized spacial score (nSPS) is 17.5. The van der Waals surface area contributed by atoms with Crippen LogP contribution in [0.15, 0.2) is 17.2 Å². The van der Waals surface area contributed by atoms with Gasteiger partial charge in [0.2, 0.25) is 5.91 Å². The zero-order valence-corrected chi connectivity index (χ0v) is 20.7. The molecule has 1 aliphatic rings. The zero-order valence-electron chi connectivity index (χ0n) is 18.9. The van der Waals surface area contributed by atoms with Crippen LogP contribution < -0.4 is 10.2 Å². The lowest BCUT2D eigenvalue weighted by Crippen LogP contribution is -2.40. The predicted octanol–water partition coefficient (Wildman–Crippen LogP) is 5.91. The van der Waals surface area contributed by atoms with Gasteiger partial charge in [-0.15, -0.1) is 0 Å². The summed E-state index contributed by atoms with van der Waals surface area (Å²) in [5.41, 5.74) is 3.18. The molecule has 1 aromatic rings. The summed E-state index contributed by atoms with van der Waals surface area (Å²) in [7, 11) is -1.69. The Bertz CT molecular complexity index is 793. The van der Waals surface area contributed by atoms with Crippen molar-refractivity contribution in [2.75, 3.05) is 13.2 Å². The van der Waals surface area contributed by atoms with Crippen molar-refractivity contribution < 1.29 is 18.3 Å². The van der Waals surface area contributed by atoms with E-state index in [1.807, 2.05) is 6.92 Å². The molecule has 168 valence electrons. The van der Waals surface area contributed by atoms with Crippen molar-refractivity contribution in [2.24, 2.45) is 11.0 Å². The first-order valence-electron chi connectivity index (χ1n) is 10.6. The third-order valence-corrected chi connectivity index (χ3v) is 10.8. The Kier molecular flexibility index (Phi) is 8.48. The first-order valence-corrected chi connectivity index (χ1v) is 13.8. The fourth-order valence-corrected chi connectivity index (χ4v) is 4.23. The molecule has 1 N–H and O–H groups in total. The maximum absolute atomic E-state index is 14.8. The number of unbranched alkanes of at least 4 members (excludes halogenated alkanes) is 2. The summed E-state index contributed by atoms with van der Waals surface area (Å²) in [5.74, 6) is -0.598. The number of carbonyl (C=O) groups excluding carboxylic acids is 1. The molecule has 0 saturated heterocycles. The van der Waals surface area contributed by atoms with Gasteiger partial charge in [-0.1, -0.05) is 39.3 Å². The number of rotatable bonds is 9. The number of hydrazone groups is 1. The standard InChI is InChI=1S/C22H34ClFN2O3Si/c1-15-14-18(27)25-26-21(15)16-10-11-17(19(23)20(16)24)28-12-8-7-9-13-29-30(5,6)22(2,3)4/h10-11,15H,7-9,12-14H2,1-6H3,(H,25,27). The molecule has 1 aromatic carbocycles. The Morgan fingerprint density at radius 1 is 1.23 bits per heavy atom. The number of nitrogens with zero attached hydrogens (tertiary/aromatic N) is 1. The number of ether oxygens (including phenoxy) is 1. The van der Waals surface area contributed by atoms with Crippen molar-refractivity contribution in [1.29, 1.82) is 0 Å². The highest BCUT2D eigenvalue weighted by atomic mass is 35.5. The predicted molar refractivity (Wildman–Crippen MR) is 122 cm³/mol. The minimum Gasteiger partial charge on any atom is -0.492 e. The molecule has 0 radical (unpaired) electrons. The van der Waals surface area contributed by atoms with Crippen LogP contribution >= 0.6 is 11.6 Å². The molecule has 0 aliphatic carbocycles. The summed E-state index contributed by atoms with van der Waals surface area (Å²) in [6, 6.07) is 3.27. The number of benzene rings is 1. The lowest BCUT2D eigenvalue weighted by atomic mass is 9.94. The van der Waals surface area contributed by atoms with Gasteiger partial charge in [0.05, 0.1) is 12.3 Å². The lowest BCUT2D eigenvalue weighted by Gasteiger charge is -2.36. The van der Waals surface area contributed by atoms with E-state index in [0.29, 0.717) is 23.6 Å². The van der Waals surface area contributed by atoms with Gasteiger partial charge >= 0.3 is 0 Å². The second-order valence-electron chi connectivity index (χ2n) is 9.39. The van der Waals surface area contributed by atoms with Crippen molar-refractivity contribution in [1.82, 2.24) is 5.43 Å². The minimum atomic E-state index is -1.69. The molecular weight excluding hydrogens is 423 g/mol. The molecule has 5 nitrogen and oxygen atoms in total. The van der Waals surface area contributed by atoms with Crippen molar-refractivity contribution in [3.8, 4) is 5.75 Å².